The quantitative estimate of drug-likeness (QED) is 0.467. The minimum atomic E-state index is -0.505. The van der Waals surface area contributed by atoms with E-state index in [-0.39, 0.29) is 12.1 Å². The number of ether oxygens (including phenoxy) is 1. The van der Waals surface area contributed by atoms with Gasteiger partial charge in [0.1, 0.15) is 5.60 Å². The van der Waals surface area contributed by atoms with Crippen LogP contribution in [0.25, 0.3) is 22.3 Å². The van der Waals surface area contributed by atoms with Crippen LogP contribution < -0.4 is 4.90 Å². The standard InChI is InChI=1S/C28H33N7O2/c1-19-17-33(10-11-34(19)27(36)37-28(2,3)4)22-7-8-24-25(14-22)32-26(16-30-24)21-15-31-35(18-21)23-12-20(13-23)6-5-9-29/h5-8,14-16,18-20,23H,10-13,17H2,1-4H3/b6-5+/t19-,20?,23?/m0/s1. The summed E-state index contributed by atoms with van der Waals surface area (Å²) in [6.07, 6.45) is 10.9. The maximum Gasteiger partial charge on any atom is 0.410 e. The third-order valence-electron chi connectivity index (χ3n) is 7.01. The zero-order valence-corrected chi connectivity index (χ0v) is 21.8. The van der Waals surface area contributed by atoms with Gasteiger partial charge in [-0.15, -0.1) is 0 Å². The van der Waals surface area contributed by atoms with Gasteiger partial charge in [-0.1, -0.05) is 6.08 Å². The Morgan fingerprint density at radius 2 is 2.00 bits per heavy atom. The van der Waals surface area contributed by atoms with Crippen LogP contribution >= 0.6 is 0 Å². The van der Waals surface area contributed by atoms with Crippen molar-refractivity contribution in [3.05, 3.63) is 48.9 Å². The van der Waals surface area contributed by atoms with Gasteiger partial charge in [-0.25, -0.2) is 9.78 Å². The van der Waals surface area contributed by atoms with Crippen molar-refractivity contribution in [3.63, 3.8) is 0 Å². The molecule has 1 saturated carbocycles. The number of rotatable bonds is 4. The van der Waals surface area contributed by atoms with E-state index in [1.54, 1.807) is 12.3 Å². The number of carbonyl (C=O) groups is 1. The summed E-state index contributed by atoms with van der Waals surface area (Å²) in [7, 11) is 0. The van der Waals surface area contributed by atoms with Crippen LogP contribution in [-0.4, -0.2) is 62.0 Å². The average Bonchev–Trinajstić information content (AvgIpc) is 3.31. The van der Waals surface area contributed by atoms with E-state index in [1.165, 1.54) is 0 Å². The number of nitriles is 1. The topological polar surface area (TPSA) is 100 Å². The molecule has 2 aliphatic rings. The van der Waals surface area contributed by atoms with Gasteiger partial charge in [0.05, 0.1) is 41.2 Å². The lowest BCUT2D eigenvalue weighted by molar-refractivity contribution is 0.0159. The summed E-state index contributed by atoms with van der Waals surface area (Å²) < 4.78 is 7.58. The Morgan fingerprint density at radius 1 is 1.19 bits per heavy atom. The molecule has 37 heavy (non-hydrogen) atoms. The van der Waals surface area contributed by atoms with Gasteiger partial charge in [-0.3, -0.25) is 9.67 Å². The Morgan fingerprint density at radius 3 is 2.73 bits per heavy atom. The molecule has 1 saturated heterocycles. The van der Waals surface area contributed by atoms with Crippen molar-refractivity contribution < 1.29 is 9.53 Å². The highest BCUT2D eigenvalue weighted by atomic mass is 16.6. The van der Waals surface area contributed by atoms with Gasteiger partial charge in [-0.2, -0.15) is 10.4 Å². The summed E-state index contributed by atoms with van der Waals surface area (Å²) in [5.74, 6) is 0.449. The first-order valence-electron chi connectivity index (χ1n) is 12.8. The number of anilines is 1. The van der Waals surface area contributed by atoms with Gasteiger partial charge in [0.15, 0.2) is 0 Å². The van der Waals surface area contributed by atoms with E-state index in [4.69, 9.17) is 15.0 Å². The van der Waals surface area contributed by atoms with E-state index in [0.717, 1.165) is 53.9 Å². The highest BCUT2D eigenvalue weighted by Gasteiger charge is 2.31. The number of aromatic nitrogens is 4. The summed E-state index contributed by atoms with van der Waals surface area (Å²) in [4.78, 5) is 26.2. The highest BCUT2D eigenvalue weighted by molar-refractivity contribution is 5.81. The van der Waals surface area contributed by atoms with Crippen LogP contribution in [0.3, 0.4) is 0 Å². The molecule has 2 fully saturated rings. The van der Waals surface area contributed by atoms with Crippen molar-refractivity contribution in [3.8, 4) is 17.3 Å². The van der Waals surface area contributed by atoms with E-state index in [2.05, 4.69) is 40.1 Å². The molecule has 192 valence electrons. The number of hydrogen-bond donors (Lipinski definition) is 0. The first-order valence-corrected chi connectivity index (χ1v) is 12.8. The van der Waals surface area contributed by atoms with Gasteiger partial charge in [-0.05, 0) is 64.7 Å². The molecule has 9 nitrogen and oxygen atoms in total. The molecular weight excluding hydrogens is 466 g/mol. The van der Waals surface area contributed by atoms with Crippen LogP contribution in [0, 0.1) is 17.2 Å². The molecule has 3 aromatic rings. The lowest BCUT2D eigenvalue weighted by Crippen LogP contribution is -2.55. The van der Waals surface area contributed by atoms with Gasteiger partial charge in [0.25, 0.3) is 0 Å². The highest BCUT2D eigenvalue weighted by Crippen LogP contribution is 2.38. The van der Waals surface area contributed by atoms with E-state index < -0.39 is 5.60 Å². The van der Waals surface area contributed by atoms with Gasteiger partial charge in [0.2, 0.25) is 0 Å². The third kappa shape index (κ3) is 5.43. The Kier molecular flexibility index (Phi) is 6.59. The summed E-state index contributed by atoms with van der Waals surface area (Å²) >= 11 is 0. The van der Waals surface area contributed by atoms with Gasteiger partial charge < -0.3 is 14.5 Å². The Bertz CT molecular complexity index is 1360. The van der Waals surface area contributed by atoms with Crippen molar-refractivity contribution in [1.82, 2.24) is 24.6 Å². The lowest BCUT2D eigenvalue weighted by atomic mass is 9.80. The summed E-state index contributed by atoms with van der Waals surface area (Å²) in [6, 6.07) is 8.58. The smallest absolute Gasteiger partial charge is 0.410 e. The lowest BCUT2D eigenvalue weighted by Gasteiger charge is -2.41. The summed E-state index contributed by atoms with van der Waals surface area (Å²) in [6.45, 7) is 9.77. The second-order valence-corrected chi connectivity index (χ2v) is 11.0. The normalized spacial score (nSPS) is 22.2. The molecule has 0 spiro atoms. The molecule has 0 N–H and O–H groups in total. The number of allylic oxidation sites excluding steroid dienone is 2. The Balaban J connectivity index is 1.28. The SMILES string of the molecule is C[C@H]1CN(c2ccc3ncc(-c4cnn(C5CC(/C=C/C#N)C5)c4)nc3c2)CCN1C(=O)OC(C)(C)C. The monoisotopic (exact) mass is 499 g/mol. The zero-order valence-electron chi connectivity index (χ0n) is 21.8. The van der Waals surface area contributed by atoms with Crippen molar-refractivity contribution in [1.29, 1.82) is 5.26 Å². The fourth-order valence-electron chi connectivity index (χ4n) is 4.97. The fourth-order valence-corrected chi connectivity index (χ4v) is 4.97. The number of hydrogen-bond acceptors (Lipinski definition) is 7. The summed E-state index contributed by atoms with van der Waals surface area (Å²) in [5.41, 5.74) is 3.96. The maximum atomic E-state index is 12.6. The first-order chi connectivity index (χ1) is 17.7. The molecular formula is C28H33N7O2. The number of piperazine rings is 1. The van der Waals surface area contributed by atoms with Crippen molar-refractivity contribution in [2.24, 2.45) is 5.92 Å². The van der Waals surface area contributed by atoms with E-state index in [9.17, 15) is 4.79 Å². The second-order valence-electron chi connectivity index (χ2n) is 11.0. The summed E-state index contributed by atoms with van der Waals surface area (Å²) in [5, 5.41) is 13.3. The maximum absolute atomic E-state index is 12.6. The minimum Gasteiger partial charge on any atom is -0.444 e. The first kappa shape index (κ1) is 24.8. The van der Waals surface area contributed by atoms with Crippen LogP contribution in [0.4, 0.5) is 10.5 Å². The number of amides is 1. The molecule has 1 aliphatic heterocycles. The Hall–Kier alpha value is -3.93. The average molecular weight is 500 g/mol. The van der Waals surface area contributed by atoms with Crippen LogP contribution in [0.15, 0.2) is 48.9 Å². The number of carbonyl (C=O) groups excluding carboxylic acids is 1. The molecule has 0 bridgehead atoms. The fraction of sp³-hybridized carbons (Fsp3) is 0.464. The predicted molar refractivity (Wildman–Crippen MR) is 142 cm³/mol. The molecule has 0 radical (unpaired) electrons. The Labute approximate surface area is 217 Å². The van der Waals surface area contributed by atoms with Crippen LogP contribution in [0.5, 0.6) is 0 Å². The van der Waals surface area contributed by atoms with Crippen molar-refractivity contribution >= 4 is 22.8 Å². The molecule has 1 amide bonds. The molecule has 0 unspecified atom stereocenters. The molecule has 5 rings (SSSR count). The molecule has 9 heteroatoms. The van der Waals surface area contributed by atoms with Crippen LogP contribution in [-0.2, 0) is 4.74 Å². The molecule has 3 heterocycles. The minimum absolute atomic E-state index is 0.0315. The van der Waals surface area contributed by atoms with Crippen LogP contribution in [0.2, 0.25) is 0 Å². The van der Waals surface area contributed by atoms with Crippen LogP contribution in [0.1, 0.15) is 46.6 Å². The predicted octanol–water partition coefficient (Wildman–Crippen LogP) is 4.97. The largest absolute Gasteiger partial charge is 0.444 e. The molecule has 1 atom stereocenters. The van der Waals surface area contributed by atoms with Crippen molar-refractivity contribution in [2.75, 3.05) is 24.5 Å². The van der Waals surface area contributed by atoms with E-state index >= 15 is 0 Å². The molecule has 1 aliphatic carbocycles. The zero-order chi connectivity index (χ0) is 26.2. The number of nitrogens with zero attached hydrogens (tertiary/aromatic N) is 7. The third-order valence-corrected chi connectivity index (χ3v) is 7.01. The van der Waals surface area contributed by atoms with E-state index in [1.807, 2.05) is 54.9 Å². The second kappa shape index (κ2) is 9.85. The van der Waals surface area contributed by atoms with Crippen molar-refractivity contribution in [2.45, 2.75) is 58.2 Å². The molecule has 1 aromatic carbocycles. The van der Waals surface area contributed by atoms with Gasteiger partial charge in [0, 0.05) is 49.2 Å². The van der Waals surface area contributed by atoms with E-state index in [0.29, 0.717) is 18.5 Å². The van der Waals surface area contributed by atoms with Gasteiger partial charge >= 0.3 is 6.09 Å². The number of fused-ring (bicyclic) bond motifs is 1. The number of benzene rings is 1. The molecule has 2 aromatic heterocycles.